The molecule has 1 aromatic rings. The summed E-state index contributed by atoms with van der Waals surface area (Å²) in [5.41, 5.74) is 2.63. The summed E-state index contributed by atoms with van der Waals surface area (Å²) >= 11 is 0. The van der Waals surface area contributed by atoms with Crippen LogP contribution in [0.3, 0.4) is 0 Å². The van der Waals surface area contributed by atoms with E-state index in [-0.39, 0.29) is 6.10 Å². The first-order valence-electron chi connectivity index (χ1n) is 5.07. The van der Waals surface area contributed by atoms with Crippen LogP contribution in [-0.4, -0.2) is 11.2 Å². The average Bonchev–Trinajstić information content (AvgIpc) is 2.17. The molecule has 0 aliphatic carbocycles. The molecule has 1 rings (SSSR count). The number of hydrogen-bond donors (Lipinski definition) is 1. The molecule has 1 unspecified atom stereocenters. The maximum absolute atomic E-state index is 9.53. The number of aryl methyl sites for hydroxylation is 2. The first-order chi connectivity index (χ1) is 6.74. The predicted molar refractivity (Wildman–Crippen MR) is 60.3 cm³/mol. The van der Waals surface area contributed by atoms with Crippen molar-refractivity contribution in [2.45, 2.75) is 32.3 Å². The molecule has 0 aliphatic heterocycles. The standard InChI is InChI=1S/C13H18O/c1-3-6-13(14)10-9-12-8-5-4-7-11(12)2/h3-5,7-8,13-14H,1,6,9-10H2,2H3. The molecule has 0 amide bonds. The van der Waals surface area contributed by atoms with Gasteiger partial charge in [0.2, 0.25) is 0 Å². The first kappa shape index (κ1) is 11.0. The van der Waals surface area contributed by atoms with Gasteiger partial charge in [-0.15, -0.1) is 6.58 Å². The van der Waals surface area contributed by atoms with Crippen molar-refractivity contribution >= 4 is 0 Å². The third-order valence-corrected chi connectivity index (χ3v) is 2.45. The van der Waals surface area contributed by atoms with Gasteiger partial charge in [0.15, 0.2) is 0 Å². The monoisotopic (exact) mass is 190 g/mol. The number of aliphatic hydroxyl groups is 1. The topological polar surface area (TPSA) is 20.2 Å². The zero-order chi connectivity index (χ0) is 10.4. The van der Waals surface area contributed by atoms with Crippen LogP contribution in [0, 0.1) is 6.92 Å². The van der Waals surface area contributed by atoms with Crippen LogP contribution in [-0.2, 0) is 6.42 Å². The normalized spacial score (nSPS) is 12.4. The van der Waals surface area contributed by atoms with E-state index in [0.29, 0.717) is 6.42 Å². The molecule has 1 atom stereocenters. The SMILES string of the molecule is C=CCC(O)CCc1ccccc1C. The van der Waals surface area contributed by atoms with Crippen molar-refractivity contribution in [1.29, 1.82) is 0 Å². The zero-order valence-electron chi connectivity index (χ0n) is 8.74. The lowest BCUT2D eigenvalue weighted by atomic mass is 10.0. The second kappa shape index (κ2) is 5.61. The highest BCUT2D eigenvalue weighted by Crippen LogP contribution is 2.11. The van der Waals surface area contributed by atoms with Crippen LogP contribution in [0.1, 0.15) is 24.0 Å². The molecule has 0 aromatic heterocycles. The highest BCUT2D eigenvalue weighted by atomic mass is 16.3. The Morgan fingerprint density at radius 3 is 2.79 bits per heavy atom. The lowest BCUT2D eigenvalue weighted by molar-refractivity contribution is 0.168. The van der Waals surface area contributed by atoms with Gasteiger partial charge in [0.1, 0.15) is 0 Å². The molecule has 14 heavy (non-hydrogen) atoms. The zero-order valence-corrected chi connectivity index (χ0v) is 8.74. The van der Waals surface area contributed by atoms with E-state index >= 15 is 0 Å². The van der Waals surface area contributed by atoms with Gasteiger partial charge in [-0.3, -0.25) is 0 Å². The minimum Gasteiger partial charge on any atom is -0.393 e. The van der Waals surface area contributed by atoms with Crippen LogP contribution in [0.4, 0.5) is 0 Å². The largest absolute Gasteiger partial charge is 0.393 e. The van der Waals surface area contributed by atoms with Gasteiger partial charge in [-0.2, -0.15) is 0 Å². The number of rotatable bonds is 5. The summed E-state index contributed by atoms with van der Waals surface area (Å²) in [6.07, 6.45) is 3.97. The van der Waals surface area contributed by atoms with E-state index < -0.39 is 0 Å². The molecule has 1 aromatic carbocycles. The van der Waals surface area contributed by atoms with Crippen molar-refractivity contribution < 1.29 is 5.11 Å². The highest BCUT2D eigenvalue weighted by molar-refractivity contribution is 5.25. The quantitative estimate of drug-likeness (QED) is 0.708. The van der Waals surface area contributed by atoms with E-state index in [1.165, 1.54) is 11.1 Å². The van der Waals surface area contributed by atoms with Crippen LogP contribution < -0.4 is 0 Å². The fourth-order valence-electron chi connectivity index (χ4n) is 1.52. The second-order valence-corrected chi connectivity index (χ2v) is 3.64. The van der Waals surface area contributed by atoms with Crippen LogP contribution in [0.25, 0.3) is 0 Å². The molecule has 0 heterocycles. The van der Waals surface area contributed by atoms with Crippen molar-refractivity contribution in [1.82, 2.24) is 0 Å². The van der Waals surface area contributed by atoms with Crippen molar-refractivity contribution in [2.75, 3.05) is 0 Å². The van der Waals surface area contributed by atoms with Gasteiger partial charge >= 0.3 is 0 Å². The van der Waals surface area contributed by atoms with E-state index in [0.717, 1.165) is 12.8 Å². The molecule has 1 nitrogen and oxygen atoms in total. The Bertz CT molecular complexity index is 291. The van der Waals surface area contributed by atoms with Gasteiger partial charge in [0.25, 0.3) is 0 Å². The van der Waals surface area contributed by atoms with Gasteiger partial charge in [0.05, 0.1) is 6.10 Å². The van der Waals surface area contributed by atoms with Crippen LogP contribution in [0.15, 0.2) is 36.9 Å². The van der Waals surface area contributed by atoms with Crippen LogP contribution in [0.5, 0.6) is 0 Å². The Morgan fingerprint density at radius 1 is 1.43 bits per heavy atom. The van der Waals surface area contributed by atoms with Crippen molar-refractivity contribution in [3.05, 3.63) is 48.0 Å². The molecule has 0 spiro atoms. The third-order valence-electron chi connectivity index (χ3n) is 2.45. The summed E-state index contributed by atoms with van der Waals surface area (Å²) in [6.45, 7) is 5.72. The lowest BCUT2D eigenvalue weighted by Gasteiger charge is -2.09. The number of benzene rings is 1. The smallest absolute Gasteiger partial charge is 0.0577 e. The summed E-state index contributed by atoms with van der Waals surface area (Å²) in [6, 6.07) is 8.31. The van der Waals surface area contributed by atoms with Crippen molar-refractivity contribution in [2.24, 2.45) is 0 Å². The number of aliphatic hydroxyl groups excluding tert-OH is 1. The molecule has 0 saturated heterocycles. The Hall–Kier alpha value is -1.08. The summed E-state index contributed by atoms with van der Waals surface area (Å²) in [5, 5.41) is 9.53. The van der Waals surface area contributed by atoms with E-state index in [2.05, 4.69) is 25.6 Å². The fourth-order valence-corrected chi connectivity index (χ4v) is 1.52. The molecule has 0 aliphatic rings. The molecule has 76 valence electrons. The first-order valence-corrected chi connectivity index (χ1v) is 5.07. The van der Waals surface area contributed by atoms with E-state index in [9.17, 15) is 5.11 Å². The van der Waals surface area contributed by atoms with Gasteiger partial charge in [-0.1, -0.05) is 30.3 Å². The minimum atomic E-state index is -0.243. The van der Waals surface area contributed by atoms with Gasteiger partial charge in [-0.05, 0) is 37.3 Å². The van der Waals surface area contributed by atoms with Crippen molar-refractivity contribution in [3.8, 4) is 0 Å². The summed E-state index contributed by atoms with van der Waals surface area (Å²) in [4.78, 5) is 0. The summed E-state index contributed by atoms with van der Waals surface area (Å²) in [5.74, 6) is 0. The molecule has 1 N–H and O–H groups in total. The fraction of sp³-hybridized carbons (Fsp3) is 0.385. The summed E-state index contributed by atoms with van der Waals surface area (Å²) in [7, 11) is 0. The molecule has 0 bridgehead atoms. The molecule has 0 radical (unpaired) electrons. The van der Waals surface area contributed by atoms with Crippen LogP contribution >= 0.6 is 0 Å². The van der Waals surface area contributed by atoms with E-state index in [1.54, 1.807) is 6.08 Å². The van der Waals surface area contributed by atoms with Gasteiger partial charge < -0.3 is 5.11 Å². The van der Waals surface area contributed by atoms with E-state index in [1.807, 2.05) is 12.1 Å². The van der Waals surface area contributed by atoms with Crippen LogP contribution in [0.2, 0.25) is 0 Å². The average molecular weight is 190 g/mol. The summed E-state index contributed by atoms with van der Waals surface area (Å²) < 4.78 is 0. The third kappa shape index (κ3) is 3.35. The molecule has 1 heteroatoms. The van der Waals surface area contributed by atoms with E-state index in [4.69, 9.17) is 0 Å². The second-order valence-electron chi connectivity index (χ2n) is 3.64. The lowest BCUT2D eigenvalue weighted by Crippen LogP contribution is -2.06. The predicted octanol–water partition coefficient (Wildman–Crippen LogP) is 2.86. The minimum absolute atomic E-state index is 0.243. The number of hydrogen-bond acceptors (Lipinski definition) is 1. The maximum Gasteiger partial charge on any atom is 0.0577 e. The van der Waals surface area contributed by atoms with Crippen molar-refractivity contribution in [3.63, 3.8) is 0 Å². The molecular weight excluding hydrogens is 172 g/mol. The molecule has 0 fully saturated rings. The maximum atomic E-state index is 9.53. The Balaban J connectivity index is 2.45. The van der Waals surface area contributed by atoms with Gasteiger partial charge in [0, 0.05) is 0 Å². The van der Waals surface area contributed by atoms with Gasteiger partial charge in [-0.25, -0.2) is 0 Å². The Kier molecular flexibility index (Phi) is 4.41. The Morgan fingerprint density at radius 2 is 2.14 bits per heavy atom. The molecule has 0 saturated carbocycles. The highest BCUT2D eigenvalue weighted by Gasteiger charge is 2.03. The Labute approximate surface area is 86.1 Å². The molecular formula is C13H18O.